The molecule has 5 nitrogen and oxygen atoms in total. The third-order valence-electron chi connectivity index (χ3n) is 2.26. The van der Waals surface area contributed by atoms with Gasteiger partial charge in [0.05, 0.1) is 18.1 Å². The number of halogens is 2. The number of hydrogen-bond acceptors (Lipinski definition) is 4. The van der Waals surface area contributed by atoms with Crippen molar-refractivity contribution >= 4 is 11.6 Å². The summed E-state index contributed by atoms with van der Waals surface area (Å²) < 4.78 is 14.6. The number of nitrogens with one attached hydrogen (secondary N) is 1. The molecule has 0 bridgehead atoms. The lowest BCUT2D eigenvalue weighted by atomic mass is 10.2. The average Bonchev–Trinajstić information content (AvgIpc) is 2.72. The minimum Gasteiger partial charge on any atom is -0.313 e. The SMILES string of the molecule is CNCc1nnnn1Cc1ccc(F)c(Cl)c1. The Balaban J connectivity index is 2.19. The van der Waals surface area contributed by atoms with Crippen molar-refractivity contribution in [1.29, 1.82) is 0 Å². The second kappa shape index (κ2) is 5.20. The first-order valence-electron chi connectivity index (χ1n) is 5.04. The van der Waals surface area contributed by atoms with E-state index < -0.39 is 5.82 Å². The molecule has 17 heavy (non-hydrogen) atoms. The lowest BCUT2D eigenvalue weighted by Gasteiger charge is -2.05. The van der Waals surface area contributed by atoms with E-state index in [-0.39, 0.29) is 5.02 Å². The van der Waals surface area contributed by atoms with E-state index in [9.17, 15) is 4.39 Å². The highest BCUT2D eigenvalue weighted by molar-refractivity contribution is 6.30. The summed E-state index contributed by atoms with van der Waals surface area (Å²) in [6, 6.07) is 4.56. The van der Waals surface area contributed by atoms with Crippen molar-refractivity contribution < 1.29 is 4.39 Å². The molecule has 0 aliphatic rings. The maximum Gasteiger partial charge on any atom is 0.165 e. The first-order valence-corrected chi connectivity index (χ1v) is 5.42. The van der Waals surface area contributed by atoms with Crippen LogP contribution in [0.15, 0.2) is 18.2 Å². The summed E-state index contributed by atoms with van der Waals surface area (Å²) in [4.78, 5) is 0. The number of benzene rings is 1. The van der Waals surface area contributed by atoms with Gasteiger partial charge in [-0.1, -0.05) is 17.7 Å². The summed E-state index contributed by atoms with van der Waals surface area (Å²) in [6.07, 6.45) is 0. The summed E-state index contributed by atoms with van der Waals surface area (Å²) >= 11 is 5.71. The van der Waals surface area contributed by atoms with Gasteiger partial charge in [-0.25, -0.2) is 9.07 Å². The molecular formula is C10H11ClFN5. The van der Waals surface area contributed by atoms with Crippen LogP contribution in [0.2, 0.25) is 5.02 Å². The molecule has 0 saturated carbocycles. The highest BCUT2D eigenvalue weighted by Crippen LogP contribution is 2.16. The Morgan fingerprint density at radius 1 is 1.47 bits per heavy atom. The van der Waals surface area contributed by atoms with Crippen LogP contribution in [0.3, 0.4) is 0 Å². The molecule has 7 heteroatoms. The lowest BCUT2D eigenvalue weighted by molar-refractivity contribution is 0.597. The van der Waals surface area contributed by atoms with Gasteiger partial charge in [0.25, 0.3) is 0 Å². The Labute approximate surface area is 103 Å². The molecule has 1 aromatic carbocycles. The van der Waals surface area contributed by atoms with Crippen molar-refractivity contribution in [3.05, 3.63) is 40.4 Å². The normalized spacial score (nSPS) is 10.8. The Morgan fingerprint density at radius 2 is 2.29 bits per heavy atom. The molecular weight excluding hydrogens is 245 g/mol. The third-order valence-corrected chi connectivity index (χ3v) is 2.55. The first kappa shape index (κ1) is 11.9. The summed E-state index contributed by atoms with van der Waals surface area (Å²) in [5, 5.41) is 14.4. The van der Waals surface area contributed by atoms with E-state index in [2.05, 4.69) is 20.8 Å². The molecule has 1 N–H and O–H groups in total. The van der Waals surface area contributed by atoms with Gasteiger partial charge in [-0.3, -0.25) is 0 Å². The molecule has 0 fully saturated rings. The molecule has 1 aromatic heterocycles. The molecule has 0 aliphatic carbocycles. The van der Waals surface area contributed by atoms with Crippen LogP contribution in [-0.2, 0) is 13.1 Å². The first-order chi connectivity index (χ1) is 8.20. The molecule has 0 aliphatic heterocycles. The Kier molecular flexibility index (Phi) is 3.65. The van der Waals surface area contributed by atoms with E-state index in [1.165, 1.54) is 6.07 Å². The maximum atomic E-state index is 13.0. The molecule has 2 aromatic rings. The van der Waals surface area contributed by atoms with Crippen LogP contribution in [-0.4, -0.2) is 27.3 Å². The van der Waals surface area contributed by atoms with Crippen LogP contribution < -0.4 is 5.32 Å². The van der Waals surface area contributed by atoms with Crippen molar-refractivity contribution in [2.75, 3.05) is 7.05 Å². The van der Waals surface area contributed by atoms with E-state index in [1.54, 1.807) is 16.8 Å². The summed E-state index contributed by atoms with van der Waals surface area (Å²) in [5.74, 6) is 0.288. The van der Waals surface area contributed by atoms with Crippen molar-refractivity contribution in [1.82, 2.24) is 25.5 Å². The maximum absolute atomic E-state index is 13.0. The van der Waals surface area contributed by atoms with Gasteiger partial charge in [0.2, 0.25) is 0 Å². The fourth-order valence-corrected chi connectivity index (χ4v) is 1.64. The molecule has 0 radical (unpaired) electrons. The summed E-state index contributed by atoms with van der Waals surface area (Å²) in [7, 11) is 1.81. The number of aromatic nitrogens is 4. The molecule has 1 heterocycles. The highest BCUT2D eigenvalue weighted by Gasteiger charge is 2.07. The van der Waals surface area contributed by atoms with Crippen LogP contribution in [0.4, 0.5) is 4.39 Å². The zero-order chi connectivity index (χ0) is 12.3. The zero-order valence-electron chi connectivity index (χ0n) is 9.19. The van der Waals surface area contributed by atoms with Crippen LogP contribution in [0, 0.1) is 5.82 Å². The average molecular weight is 256 g/mol. The van der Waals surface area contributed by atoms with Crippen LogP contribution in [0.25, 0.3) is 0 Å². The minimum absolute atomic E-state index is 0.103. The Bertz CT molecular complexity index is 513. The highest BCUT2D eigenvalue weighted by atomic mass is 35.5. The number of tetrazole rings is 1. The fraction of sp³-hybridized carbons (Fsp3) is 0.300. The van der Waals surface area contributed by atoms with Gasteiger partial charge in [-0.15, -0.1) is 5.10 Å². The van der Waals surface area contributed by atoms with E-state index in [0.29, 0.717) is 18.9 Å². The number of rotatable bonds is 4. The van der Waals surface area contributed by atoms with Crippen LogP contribution in [0.1, 0.15) is 11.4 Å². The van der Waals surface area contributed by atoms with Crippen molar-refractivity contribution in [3.8, 4) is 0 Å². The summed E-state index contributed by atoms with van der Waals surface area (Å²) in [6.45, 7) is 1.03. The largest absolute Gasteiger partial charge is 0.313 e. The topological polar surface area (TPSA) is 55.6 Å². The predicted octanol–water partition coefficient (Wildman–Crippen LogP) is 1.23. The lowest BCUT2D eigenvalue weighted by Crippen LogP contribution is -2.14. The van der Waals surface area contributed by atoms with Crippen LogP contribution in [0.5, 0.6) is 0 Å². The van der Waals surface area contributed by atoms with Crippen molar-refractivity contribution in [2.45, 2.75) is 13.1 Å². The quantitative estimate of drug-likeness (QED) is 0.893. The fourth-order valence-electron chi connectivity index (χ4n) is 1.44. The Hall–Kier alpha value is -1.53. The molecule has 0 spiro atoms. The molecule has 90 valence electrons. The molecule has 0 saturated heterocycles. The van der Waals surface area contributed by atoms with Gasteiger partial charge < -0.3 is 5.32 Å². The third kappa shape index (κ3) is 2.78. The minimum atomic E-state index is -0.428. The molecule has 0 unspecified atom stereocenters. The smallest absolute Gasteiger partial charge is 0.165 e. The van der Waals surface area contributed by atoms with Gasteiger partial charge in [0.15, 0.2) is 5.82 Å². The van der Waals surface area contributed by atoms with Crippen LogP contribution >= 0.6 is 11.6 Å². The number of hydrogen-bond donors (Lipinski definition) is 1. The van der Waals surface area contributed by atoms with Crippen molar-refractivity contribution in [2.24, 2.45) is 0 Å². The Morgan fingerprint density at radius 3 is 3.00 bits per heavy atom. The van der Waals surface area contributed by atoms with E-state index in [1.807, 2.05) is 7.05 Å². The number of nitrogens with zero attached hydrogens (tertiary/aromatic N) is 4. The molecule has 0 atom stereocenters. The predicted molar refractivity (Wildman–Crippen MR) is 61.1 cm³/mol. The molecule has 0 amide bonds. The van der Waals surface area contributed by atoms with Crippen molar-refractivity contribution in [3.63, 3.8) is 0 Å². The van der Waals surface area contributed by atoms with Gasteiger partial charge in [0, 0.05) is 0 Å². The second-order valence-corrected chi connectivity index (χ2v) is 3.94. The summed E-state index contributed by atoms with van der Waals surface area (Å²) in [5.41, 5.74) is 0.848. The van der Waals surface area contributed by atoms with E-state index in [4.69, 9.17) is 11.6 Å². The van der Waals surface area contributed by atoms with Gasteiger partial charge in [-0.2, -0.15) is 0 Å². The van der Waals surface area contributed by atoms with E-state index in [0.717, 1.165) is 5.56 Å². The van der Waals surface area contributed by atoms with Gasteiger partial charge in [0.1, 0.15) is 5.82 Å². The van der Waals surface area contributed by atoms with E-state index >= 15 is 0 Å². The van der Waals surface area contributed by atoms with Gasteiger partial charge >= 0.3 is 0 Å². The zero-order valence-corrected chi connectivity index (χ0v) is 9.95. The second-order valence-electron chi connectivity index (χ2n) is 3.53. The van der Waals surface area contributed by atoms with Gasteiger partial charge in [-0.05, 0) is 35.2 Å². The molecule has 2 rings (SSSR count). The standard InChI is InChI=1S/C10H11ClFN5/c1-13-5-10-14-15-16-17(10)6-7-2-3-9(12)8(11)4-7/h2-4,13H,5-6H2,1H3. The monoisotopic (exact) mass is 255 g/mol.